The molecule has 1 N–H and O–H groups in total. The number of carboxylic acid groups (broad SMARTS) is 1. The van der Waals surface area contributed by atoms with Crippen LogP contribution in [0.15, 0.2) is 24.3 Å². The molecule has 0 radical (unpaired) electrons. The van der Waals surface area contributed by atoms with E-state index in [4.69, 9.17) is 9.84 Å². The van der Waals surface area contributed by atoms with E-state index in [2.05, 4.69) is 13.8 Å². The first-order valence-corrected chi connectivity index (χ1v) is 7.27. The van der Waals surface area contributed by atoms with Gasteiger partial charge in [0.05, 0.1) is 26.1 Å². The summed E-state index contributed by atoms with van der Waals surface area (Å²) in [5, 5.41) is 8.86. The number of likely N-dealkylation sites (N-methyl/N-ethyl adjacent to an activating group) is 1. The summed E-state index contributed by atoms with van der Waals surface area (Å²) in [6.45, 7) is 10.2. The van der Waals surface area contributed by atoms with Crippen LogP contribution in [0.25, 0.3) is 0 Å². The third kappa shape index (κ3) is 5.21. The van der Waals surface area contributed by atoms with Crippen molar-refractivity contribution in [3.63, 3.8) is 0 Å². The number of rotatable bonds is 9. The number of nitrogens with zero attached hydrogens (tertiary/aromatic N) is 1. The maximum absolute atomic E-state index is 10.8. The van der Waals surface area contributed by atoms with Crippen molar-refractivity contribution >= 4 is 5.97 Å². The minimum atomic E-state index is -0.728. The first-order valence-electron chi connectivity index (χ1n) is 7.27. The maximum atomic E-state index is 10.8. The molecule has 0 heterocycles. The van der Waals surface area contributed by atoms with Gasteiger partial charge in [0.2, 0.25) is 0 Å². The van der Waals surface area contributed by atoms with Crippen LogP contribution in [0.2, 0.25) is 0 Å². The molecule has 0 saturated carbocycles. The Morgan fingerprint density at radius 2 is 1.95 bits per heavy atom. The molecule has 0 fully saturated rings. The molecule has 4 heteroatoms. The molecule has 0 bridgehead atoms. The minimum absolute atomic E-state index is 0.214. The number of carboxylic acids is 1. The average Bonchev–Trinajstić information content (AvgIpc) is 2.43. The van der Waals surface area contributed by atoms with Gasteiger partial charge in [-0.25, -0.2) is 0 Å². The number of ether oxygens (including phenoxy) is 1. The van der Waals surface area contributed by atoms with Crippen LogP contribution in [-0.4, -0.2) is 48.3 Å². The summed E-state index contributed by atoms with van der Waals surface area (Å²) in [6, 6.07) is 8.00. The van der Waals surface area contributed by atoms with E-state index in [9.17, 15) is 4.79 Å². The van der Waals surface area contributed by atoms with Crippen LogP contribution >= 0.6 is 0 Å². The normalized spacial score (nSPS) is 11.3. The summed E-state index contributed by atoms with van der Waals surface area (Å²) in [6.07, 6.45) is 0.214. The molecule has 20 heavy (non-hydrogen) atoms. The van der Waals surface area contributed by atoms with Gasteiger partial charge in [0.15, 0.2) is 0 Å². The summed E-state index contributed by atoms with van der Waals surface area (Å²) in [5.74, 6) is 0.155. The standard InChI is InChI=1S/C16H25NO3/c1-4-17(5-2,10-9-16(18)19)11-12-20-15-8-6-7-14(3)13-15/h6-8,13H,4-5,9-12H2,1-3H3/p+1. The lowest BCUT2D eigenvalue weighted by atomic mass is 10.2. The molecule has 112 valence electrons. The fraction of sp³-hybridized carbons (Fsp3) is 0.562. The quantitative estimate of drug-likeness (QED) is 0.707. The second-order valence-corrected chi connectivity index (χ2v) is 5.23. The van der Waals surface area contributed by atoms with Gasteiger partial charge in [-0.15, -0.1) is 0 Å². The molecule has 0 aliphatic heterocycles. The summed E-state index contributed by atoms with van der Waals surface area (Å²) in [4.78, 5) is 10.8. The van der Waals surface area contributed by atoms with E-state index in [0.29, 0.717) is 13.2 Å². The van der Waals surface area contributed by atoms with Gasteiger partial charge in [0.1, 0.15) is 18.9 Å². The molecule has 0 atom stereocenters. The zero-order chi connectivity index (χ0) is 15.0. The number of carbonyl (C=O) groups is 1. The van der Waals surface area contributed by atoms with Crippen molar-refractivity contribution in [1.29, 1.82) is 0 Å². The topological polar surface area (TPSA) is 46.5 Å². The Balaban J connectivity index is 2.52. The Morgan fingerprint density at radius 1 is 1.25 bits per heavy atom. The zero-order valence-electron chi connectivity index (χ0n) is 12.8. The highest BCUT2D eigenvalue weighted by Crippen LogP contribution is 2.14. The van der Waals surface area contributed by atoms with Gasteiger partial charge >= 0.3 is 5.97 Å². The molecule has 0 saturated heterocycles. The van der Waals surface area contributed by atoms with E-state index >= 15 is 0 Å². The number of quaternary nitrogens is 1. The first-order chi connectivity index (χ1) is 9.51. The van der Waals surface area contributed by atoms with Crippen molar-refractivity contribution in [2.75, 3.05) is 32.8 Å². The first kappa shape index (κ1) is 16.5. The largest absolute Gasteiger partial charge is 0.488 e. The van der Waals surface area contributed by atoms with Gasteiger partial charge in [-0.05, 0) is 38.5 Å². The van der Waals surface area contributed by atoms with Gasteiger partial charge < -0.3 is 14.3 Å². The maximum Gasteiger partial charge on any atom is 0.309 e. The third-order valence-corrected chi connectivity index (χ3v) is 3.97. The van der Waals surface area contributed by atoms with Crippen LogP contribution in [0.3, 0.4) is 0 Å². The van der Waals surface area contributed by atoms with Crippen molar-refractivity contribution in [2.24, 2.45) is 0 Å². The summed E-state index contributed by atoms with van der Waals surface area (Å²) >= 11 is 0. The van der Waals surface area contributed by atoms with E-state index in [1.54, 1.807) is 0 Å². The number of hydrogen-bond donors (Lipinski definition) is 1. The van der Waals surface area contributed by atoms with Crippen molar-refractivity contribution in [1.82, 2.24) is 0 Å². The van der Waals surface area contributed by atoms with Crippen molar-refractivity contribution < 1.29 is 19.1 Å². The highest BCUT2D eigenvalue weighted by molar-refractivity contribution is 5.66. The second kappa shape index (κ2) is 7.90. The molecule has 0 amide bonds. The smallest absolute Gasteiger partial charge is 0.309 e. The van der Waals surface area contributed by atoms with Crippen LogP contribution in [0.1, 0.15) is 25.8 Å². The fourth-order valence-corrected chi connectivity index (χ4v) is 2.36. The van der Waals surface area contributed by atoms with E-state index < -0.39 is 5.97 Å². The van der Waals surface area contributed by atoms with Crippen LogP contribution in [0.5, 0.6) is 5.75 Å². The molecule has 0 spiro atoms. The monoisotopic (exact) mass is 280 g/mol. The van der Waals surface area contributed by atoms with Crippen molar-refractivity contribution in [3.8, 4) is 5.75 Å². The third-order valence-electron chi connectivity index (χ3n) is 3.97. The van der Waals surface area contributed by atoms with Gasteiger partial charge in [-0.1, -0.05) is 12.1 Å². The van der Waals surface area contributed by atoms with Crippen LogP contribution in [0, 0.1) is 6.92 Å². The van der Waals surface area contributed by atoms with Crippen LogP contribution < -0.4 is 4.74 Å². The number of aryl methyl sites for hydroxylation is 1. The Hall–Kier alpha value is -1.55. The SMILES string of the molecule is CC[N+](CC)(CCOc1cccc(C)c1)CCC(=O)O. The Morgan fingerprint density at radius 3 is 2.50 bits per heavy atom. The van der Waals surface area contributed by atoms with E-state index in [1.807, 2.05) is 31.2 Å². The number of aliphatic carboxylic acids is 1. The molecule has 0 aliphatic rings. The molecule has 1 aromatic rings. The highest BCUT2D eigenvalue weighted by Gasteiger charge is 2.24. The van der Waals surface area contributed by atoms with Crippen molar-refractivity contribution in [2.45, 2.75) is 27.2 Å². The number of benzene rings is 1. The Labute approximate surface area is 121 Å². The Kier molecular flexibility index (Phi) is 6.52. The summed E-state index contributed by atoms with van der Waals surface area (Å²) in [5.41, 5.74) is 1.18. The van der Waals surface area contributed by atoms with Crippen LogP contribution in [-0.2, 0) is 4.79 Å². The molecule has 0 unspecified atom stereocenters. The Bertz CT molecular complexity index is 427. The molecule has 1 aromatic carbocycles. The lowest BCUT2D eigenvalue weighted by Crippen LogP contribution is -2.51. The lowest BCUT2D eigenvalue weighted by Gasteiger charge is -2.36. The summed E-state index contributed by atoms with van der Waals surface area (Å²) < 4.78 is 6.58. The fourth-order valence-electron chi connectivity index (χ4n) is 2.36. The predicted octanol–water partition coefficient (Wildman–Crippen LogP) is 2.71. The number of hydrogen-bond acceptors (Lipinski definition) is 2. The summed E-state index contributed by atoms with van der Waals surface area (Å²) in [7, 11) is 0. The van der Waals surface area contributed by atoms with Crippen molar-refractivity contribution in [3.05, 3.63) is 29.8 Å². The molecule has 0 aliphatic carbocycles. The highest BCUT2D eigenvalue weighted by atomic mass is 16.5. The van der Waals surface area contributed by atoms with Crippen LogP contribution in [0.4, 0.5) is 0 Å². The average molecular weight is 280 g/mol. The van der Waals surface area contributed by atoms with Gasteiger partial charge in [-0.2, -0.15) is 0 Å². The molecular formula is C16H26NO3+. The van der Waals surface area contributed by atoms with Gasteiger partial charge in [-0.3, -0.25) is 4.79 Å². The molecule has 4 nitrogen and oxygen atoms in total. The molecule has 0 aromatic heterocycles. The lowest BCUT2D eigenvalue weighted by molar-refractivity contribution is -0.924. The predicted molar refractivity (Wildman–Crippen MR) is 80.0 cm³/mol. The van der Waals surface area contributed by atoms with E-state index in [0.717, 1.165) is 29.9 Å². The molecular weight excluding hydrogens is 254 g/mol. The van der Waals surface area contributed by atoms with Gasteiger partial charge in [0.25, 0.3) is 0 Å². The van der Waals surface area contributed by atoms with E-state index in [1.165, 1.54) is 5.56 Å². The molecule has 1 rings (SSSR count). The minimum Gasteiger partial charge on any atom is -0.488 e. The zero-order valence-corrected chi connectivity index (χ0v) is 12.8. The second-order valence-electron chi connectivity index (χ2n) is 5.23. The van der Waals surface area contributed by atoms with Gasteiger partial charge in [0, 0.05) is 0 Å². The van der Waals surface area contributed by atoms with E-state index in [-0.39, 0.29) is 6.42 Å².